The predicted molar refractivity (Wildman–Crippen MR) is 123 cm³/mol. The predicted octanol–water partition coefficient (Wildman–Crippen LogP) is 5.66. The molecule has 1 aliphatic heterocycles. The number of pyridine rings is 1. The van der Waals surface area contributed by atoms with Crippen molar-refractivity contribution in [2.75, 3.05) is 6.54 Å². The number of carbonyl (C=O) groups is 1. The fourth-order valence-electron chi connectivity index (χ4n) is 3.83. The molecule has 1 saturated heterocycles. The maximum Gasteiger partial charge on any atom is 0.410 e. The average molecular weight is 440 g/mol. The van der Waals surface area contributed by atoms with Crippen LogP contribution in [0, 0.1) is 0 Å². The molecule has 3 heterocycles. The van der Waals surface area contributed by atoms with Crippen LogP contribution >= 0.6 is 11.3 Å². The number of amides is 1. The number of carbonyl (C=O) groups excluding carboxylic acids is 1. The molecule has 0 saturated carbocycles. The molecule has 0 unspecified atom stereocenters. The standard InChI is InChI=1S/C24H29N3O3S/c1-23(2,3)30-22(28)27-12-8-11-19(27)21-26-18(14-31-21)16-13-20(24(4,5)29)25-17-10-7-6-9-15(16)17/h6-7,9-10,13-14,19,29H,8,11-12H2,1-5H3/t19-/m0/s1. The number of aromatic nitrogens is 2. The highest BCUT2D eigenvalue weighted by Crippen LogP contribution is 2.38. The second-order valence-corrected chi connectivity index (χ2v) is 10.4. The van der Waals surface area contributed by atoms with Crippen molar-refractivity contribution in [1.29, 1.82) is 0 Å². The SMILES string of the molecule is CC(C)(C)OC(=O)N1CCC[C@H]1c1nc(-c2cc(C(C)(C)O)nc3ccccc23)cs1. The molecule has 1 aliphatic rings. The van der Waals surface area contributed by atoms with Crippen molar-refractivity contribution in [2.45, 2.75) is 64.7 Å². The Bertz CT molecular complexity index is 1110. The number of rotatable bonds is 3. The topological polar surface area (TPSA) is 75.5 Å². The second-order valence-electron chi connectivity index (χ2n) is 9.53. The zero-order valence-electron chi connectivity index (χ0n) is 18.7. The Morgan fingerprint density at radius 3 is 2.65 bits per heavy atom. The highest BCUT2D eigenvalue weighted by molar-refractivity contribution is 7.10. The van der Waals surface area contributed by atoms with Gasteiger partial charge in [0.2, 0.25) is 0 Å². The number of aliphatic hydroxyl groups is 1. The lowest BCUT2D eigenvalue weighted by molar-refractivity contribution is 0.0224. The Morgan fingerprint density at radius 2 is 1.94 bits per heavy atom. The smallest absolute Gasteiger partial charge is 0.410 e. The number of hydrogen-bond acceptors (Lipinski definition) is 6. The number of ether oxygens (including phenoxy) is 1. The van der Waals surface area contributed by atoms with Gasteiger partial charge in [0, 0.05) is 22.9 Å². The van der Waals surface area contributed by atoms with E-state index in [0.717, 1.165) is 40.0 Å². The lowest BCUT2D eigenvalue weighted by atomic mass is 9.98. The first-order valence-corrected chi connectivity index (χ1v) is 11.5. The van der Waals surface area contributed by atoms with Crippen LogP contribution in [0.5, 0.6) is 0 Å². The number of nitrogens with zero attached hydrogens (tertiary/aromatic N) is 3. The molecule has 164 valence electrons. The maximum atomic E-state index is 12.7. The van der Waals surface area contributed by atoms with Gasteiger partial charge >= 0.3 is 6.09 Å². The molecule has 0 aliphatic carbocycles. The summed E-state index contributed by atoms with van der Waals surface area (Å²) in [5, 5.41) is 14.5. The molecule has 3 aromatic rings. The normalized spacial score (nSPS) is 17.4. The van der Waals surface area contributed by atoms with Crippen LogP contribution in [0.3, 0.4) is 0 Å². The Kier molecular flexibility index (Phi) is 5.52. The molecule has 7 heteroatoms. The van der Waals surface area contributed by atoms with Gasteiger partial charge in [0.25, 0.3) is 0 Å². The van der Waals surface area contributed by atoms with Crippen molar-refractivity contribution in [1.82, 2.24) is 14.9 Å². The first-order chi connectivity index (χ1) is 14.5. The summed E-state index contributed by atoms with van der Waals surface area (Å²) in [6, 6.07) is 9.73. The number of benzene rings is 1. The molecular formula is C24H29N3O3S. The van der Waals surface area contributed by atoms with Gasteiger partial charge in [-0.1, -0.05) is 18.2 Å². The van der Waals surface area contributed by atoms with E-state index in [4.69, 9.17) is 9.72 Å². The molecule has 0 bridgehead atoms. The Hall–Kier alpha value is -2.51. The van der Waals surface area contributed by atoms with E-state index >= 15 is 0 Å². The van der Waals surface area contributed by atoms with E-state index in [2.05, 4.69) is 4.98 Å². The number of thiazole rings is 1. The van der Waals surface area contributed by atoms with E-state index in [1.807, 2.05) is 56.5 Å². The van der Waals surface area contributed by atoms with E-state index in [9.17, 15) is 9.90 Å². The minimum absolute atomic E-state index is 0.0737. The average Bonchev–Trinajstić information content (AvgIpc) is 3.34. The number of para-hydroxylation sites is 1. The summed E-state index contributed by atoms with van der Waals surface area (Å²) in [5.74, 6) is 0. The molecule has 1 aromatic carbocycles. The van der Waals surface area contributed by atoms with Gasteiger partial charge in [-0.05, 0) is 59.6 Å². The van der Waals surface area contributed by atoms with Crippen LogP contribution < -0.4 is 0 Å². The van der Waals surface area contributed by atoms with Crippen LogP contribution in [-0.2, 0) is 10.3 Å². The van der Waals surface area contributed by atoms with Gasteiger partial charge in [0.15, 0.2) is 0 Å². The molecule has 31 heavy (non-hydrogen) atoms. The van der Waals surface area contributed by atoms with E-state index in [0.29, 0.717) is 12.2 Å². The molecule has 6 nitrogen and oxygen atoms in total. The van der Waals surface area contributed by atoms with Crippen LogP contribution in [0.4, 0.5) is 4.79 Å². The van der Waals surface area contributed by atoms with E-state index in [-0.39, 0.29) is 12.1 Å². The summed E-state index contributed by atoms with van der Waals surface area (Å²) >= 11 is 1.56. The van der Waals surface area contributed by atoms with E-state index < -0.39 is 11.2 Å². The summed E-state index contributed by atoms with van der Waals surface area (Å²) in [7, 11) is 0. The molecule has 0 spiro atoms. The van der Waals surface area contributed by atoms with Crippen LogP contribution in [-0.4, -0.2) is 38.2 Å². The molecule has 1 N–H and O–H groups in total. The zero-order chi connectivity index (χ0) is 22.4. The Balaban J connectivity index is 1.71. The minimum Gasteiger partial charge on any atom is -0.444 e. The quantitative estimate of drug-likeness (QED) is 0.570. The number of likely N-dealkylation sites (tertiary alicyclic amines) is 1. The fourth-order valence-corrected chi connectivity index (χ4v) is 4.79. The van der Waals surface area contributed by atoms with Gasteiger partial charge in [-0.2, -0.15) is 0 Å². The molecule has 1 amide bonds. The van der Waals surface area contributed by atoms with Crippen molar-refractivity contribution in [3.05, 3.63) is 46.4 Å². The van der Waals surface area contributed by atoms with Gasteiger partial charge in [0.05, 0.1) is 22.9 Å². The molecule has 0 radical (unpaired) electrons. The van der Waals surface area contributed by atoms with Gasteiger partial charge in [-0.3, -0.25) is 4.90 Å². The van der Waals surface area contributed by atoms with Gasteiger partial charge in [-0.25, -0.2) is 14.8 Å². The maximum absolute atomic E-state index is 12.7. The lowest BCUT2D eigenvalue weighted by Gasteiger charge is -2.27. The van der Waals surface area contributed by atoms with Gasteiger partial charge < -0.3 is 9.84 Å². The van der Waals surface area contributed by atoms with Crippen LogP contribution in [0.2, 0.25) is 0 Å². The van der Waals surface area contributed by atoms with Crippen molar-refractivity contribution >= 4 is 28.3 Å². The van der Waals surface area contributed by atoms with Gasteiger partial charge in [-0.15, -0.1) is 11.3 Å². The fraction of sp³-hybridized carbons (Fsp3) is 0.458. The molecule has 2 aromatic heterocycles. The summed E-state index contributed by atoms with van der Waals surface area (Å²) in [6.45, 7) is 9.79. The van der Waals surface area contributed by atoms with Crippen molar-refractivity contribution in [3.8, 4) is 11.3 Å². The first kappa shape index (κ1) is 21.7. The second kappa shape index (κ2) is 7.88. The van der Waals surface area contributed by atoms with Crippen LogP contribution in [0.25, 0.3) is 22.2 Å². The Morgan fingerprint density at radius 1 is 1.19 bits per heavy atom. The summed E-state index contributed by atoms with van der Waals surface area (Å²) in [6.07, 6.45) is 1.52. The Labute approximate surface area is 186 Å². The van der Waals surface area contributed by atoms with Crippen LogP contribution in [0.15, 0.2) is 35.7 Å². The summed E-state index contributed by atoms with van der Waals surface area (Å²) in [5.41, 5.74) is 1.61. The van der Waals surface area contributed by atoms with Crippen LogP contribution in [0.1, 0.15) is 64.2 Å². The number of hydrogen-bond donors (Lipinski definition) is 1. The van der Waals surface area contributed by atoms with E-state index in [1.165, 1.54) is 0 Å². The molecule has 1 atom stereocenters. The molecule has 1 fully saturated rings. The van der Waals surface area contributed by atoms with Crippen molar-refractivity contribution in [2.24, 2.45) is 0 Å². The monoisotopic (exact) mass is 439 g/mol. The third-order valence-electron chi connectivity index (χ3n) is 5.31. The number of fused-ring (bicyclic) bond motifs is 1. The first-order valence-electron chi connectivity index (χ1n) is 10.6. The minimum atomic E-state index is -1.06. The highest BCUT2D eigenvalue weighted by Gasteiger charge is 2.35. The summed E-state index contributed by atoms with van der Waals surface area (Å²) in [4.78, 5) is 24.1. The highest BCUT2D eigenvalue weighted by atomic mass is 32.1. The van der Waals surface area contributed by atoms with Crippen molar-refractivity contribution in [3.63, 3.8) is 0 Å². The third-order valence-corrected chi connectivity index (χ3v) is 6.25. The largest absolute Gasteiger partial charge is 0.444 e. The third kappa shape index (κ3) is 4.57. The van der Waals surface area contributed by atoms with E-state index in [1.54, 1.807) is 30.1 Å². The van der Waals surface area contributed by atoms with Gasteiger partial charge in [0.1, 0.15) is 16.2 Å². The molecule has 4 rings (SSSR count). The summed E-state index contributed by atoms with van der Waals surface area (Å²) < 4.78 is 5.60. The lowest BCUT2D eigenvalue weighted by Crippen LogP contribution is -2.36. The molecular weight excluding hydrogens is 410 g/mol. The zero-order valence-corrected chi connectivity index (χ0v) is 19.5. The van der Waals surface area contributed by atoms with Crippen molar-refractivity contribution < 1.29 is 14.6 Å².